The molecule has 39 heavy (non-hydrogen) atoms. The van der Waals surface area contributed by atoms with Gasteiger partial charge in [0.15, 0.2) is 0 Å². The van der Waals surface area contributed by atoms with Gasteiger partial charge in [0.2, 0.25) is 5.91 Å². The van der Waals surface area contributed by atoms with Crippen LogP contribution in [0.2, 0.25) is 10.0 Å². The number of hydrogen-bond donors (Lipinski definition) is 2. The fraction of sp³-hybridized carbons (Fsp3) is 0.267. The number of anilines is 1. The van der Waals surface area contributed by atoms with Crippen molar-refractivity contribution >= 4 is 51.7 Å². The second kappa shape index (κ2) is 14.0. The van der Waals surface area contributed by atoms with Crippen molar-refractivity contribution in [2.45, 2.75) is 19.4 Å². The zero-order chi connectivity index (χ0) is 27.6. The predicted molar refractivity (Wildman–Crippen MR) is 157 cm³/mol. The molecule has 0 aliphatic rings. The molecule has 204 valence electrons. The lowest BCUT2D eigenvalue weighted by Crippen LogP contribution is -2.45. The number of methoxy groups -OCH3 is 1. The van der Waals surface area contributed by atoms with E-state index in [-0.39, 0.29) is 12.5 Å². The third kappa shape index (κ3) is 7.99. The Labute approximate surface area is 238 Å². The van der Waals surface area contributed by atoms with Crippen LogP contribution < -0.4 is 5.32 Å². The fourth-order valence-electron chi connectivity index (χ4n) is 4.39. The van der Waals surface area contributed by atoms with Crippen molar-refractivity contribution in [1.29, 1.82) is 0 Å². The molecule has 0 aliphatic heterocycles. The maximum absolute atomic E-state index is 13.7. The molecule has 1 heterocycles. The topological polar surface area (TPSA) is 77.7 Å². The van der Waals surface area contributed by atoms with Crippen LogP contribution in [-0.2, 0) is 22.5 Å². The van der Waals surface area contributed by atoms with E-state index in [1.807, 2.05) is 59.6 Å². The van der Waals surface area contributed by atoms with Gasteiger partial charge in [0, 0.05) is 55.5 Å². The Morgan fingerprint density at radius 1 is 0.949 bits per heavy atom. The first-order valence-corrected chi connectivity index (χ1v) is 13.6. The number of amides is 3. The van der Waals surface area contributed by atoms with Crippen molar-refractivity contribution in [3.8, 4) is 0 Å². The number of carbonyl (C=O) groups excluding carboxylic acids is 2. The number of hydrogen-bond acceptors (Lipinski definition) is 3. The molecule has 0 atom stereocenters. The maximum Gasteiger partial charge on any atom is 0.322 e. The number of aromatic nitrogens is 1. The number of H-pyrrole nitrogens is 1. The van der Waals surface area contributed by atoms with Crippen LogP contribution >= 0.6 is 23.2 Å². The monoisotopic (exact) mass is 566 g/mol. The minimum absolute atomic E-state index is 0.0819. The van der Waals surface area contributed by atoms with Crippen LogP contribution in [-0.4, -0.2) is 60.1 Å². The second-order valence-electron chi connectivity index (χ2n) is 9.23. The molecule has 0 saturated heterocycles. The third-order valence-electron chi connectivity index (χ3n) is 6.46. The molecule has 0 unspecified atom stereocenters. The molecule has 1 aromatic heterocycles. The summed E-state index contributed by atoms with van der Waals surface area (Å²) in [5.41, 5.74) is 3.66. The Hall–Kier alpha value is -3.52. The second-order valence-corrected chi connectivity index (χ2v) is 10.1. The minimum Gasteiger partial charge on any atom is -0.385 e. The minimum atomic E-state index is -0.417. The summed E-state index contributed by atoms with van der Waals surface area (Å²) in [7, 11) is 1.61. The van der Waals surface area contributed by atoms with Crippen LogP contribution in [0.4, 0.5) is 10.5 Å². The van der Waals surface area contributed by atoms with Crippen molar-refractivity contribution in [2.24, 2.45) is 0 Å². The van der Waals surface area contributed by atoms with E-state index in [9.17, 15) is 9.59 Å². The highest BCUT2D eigenvalue weighted by molar-refractivity contribution is 6.36. The number of carbonyl (C=O) groups is 2. The van der Waals surface area contributed by atoms with E-state index in [2.05, 4.69) is 16.4 Å². The summed E-state index contributed by atoms with van der Waals surface area (Å²) in [5.74, 6) is -0.145. The molecule has 3 aromatic carbocycles. The van der Waals surface area contributed by atoms with E-state index < -0.39 is 6.03 Å². The Kier molecular flexibility index (Phi) is 10.3. The normalized spacial score (nSPS) is 10.9. The largest absolute Gasteiger partial charge is 0.385 e. The van der Waals surface area contributed by atoms with Gasteiger partial charge in [0.1, 0.15) is 6.54 Å². The van der Waals surface area contributed by atoms with Gasteiger partial charge in [-0.05, 0) is 48.2 Å². The molecule has 9 heteroatoms. The molecule has 2 N–H and O–H groups in total. The van der Waals surface area contributed by atoms with Gasteiger partial charge in [-0.2, -0.15) is 0 Å². The van der Waals surface area contributed by atoms with Crippen LogP contribution in [0.1, 0.15) is 17.5 Å². The summed E-state index contributed by atoms with van der Waals surface area (Å²) >= 11 is 12.3. The highest BCUT2D eigenvalue weighted by atomic mass is 35.5. The Morgan fingerprint density at radius 3 is 2.49 bits per heavy atom. The number of fused-ring (bicyclic) bond motifs is 1. The van der Waals surface area contributed by atoms with Crippen LogP contribution in [0.5, 0.6) is 0 Å². The average molecular weight is 568 g/mol. The Bertz CT molecular complexity index is 1390. The number of nitrogens with one attached hydrogen (secondary N) is 2. The summed E-state index contributed by atoms with van der Waals surface area (Å²) in [6, 6.07) is 22.4. The van der Waals surface area contributed by atoms with Crippen LogP contribution in [0, 0.1) is 0 Å². The van der Waals surface area contributed by atoms with Crippen molar-refractivity contribution in [3.05, 3.63) is 100 Å². The number of benzene rings is 3. The third-order valence-corrected chi connectivity index (χ3v) is 7.01. The molecule has 3 amide bonds. The molecule has 0 radical (unpaired) electrons. The van der Waals surface area contributed by atoms with Crippen molar-refractivity contribution < 1.29 is 14.3 Å². The summed E-state index contributed by atoms with van der Waals surface area (Å²) in [5, 5.41) is 4.75. The van der Waals surface area contributed by atoms with Crippen molar-refractivity contribution in [2.75, 3.05) is 38.7 Å². The zero-order valence-electron chi connectivity index (χ0n) is 21.8. The van der Waals surface area contributed by atoms with Crippen LogP contribution in [0.15, 0.2) is 79.0 Å². The summed E-state index contributed by atoms with van der Waals surface area (Å²) in [4.78, 5) is 33.6. The molecule has 0 bridgehead atoms. The molecule has 0 saturated carbocycles. The molecule has 0 aliphatic carbocycles. The van der Waals surface area contributed by atoms with E-state index in [4.69, 9.17) is 27.9 Å². The van der Waals surface area contributed by atoms with Crippen molar-refractivity contribution in [3.63, 3.8) is 0 Å². The summed E-state index contributed by atoms with van der Waals surface area (Å²) in [6.07, 6.45) is 3.26. The standard InChI is InChI=1S/C30H32Cl2N4O3/c1-39-17-7-15-36(30(38)34-28-13-12-24(31)18-26(28)32)21-29(37)35(20-22-8-3-2-4-9-22)16-14-23-19-33-27-11-6-5-10-25(23)27/h2-6,8-13,18-19,33H,7,14-17,20-21H2,1H3,(H,34,38). The predicted octanol–water partition coefficient (Wildman–Crippen LogP) is 6.62. The molecular formula is C30H32Cl2N4O3. The van der Waals surface area contributed by atoms with Gasteiger partial charge in [0.05, 0.1) is 10.7 Å². The number of nitrogens with zero attached hydrogens (tertiary/aromatic N) is 2. The quantitative estimate of drug-likeness (QED) is 0.189. The average Bonchev–Trinajstić information content (AvgIpc) is 3.35. The highest BCUT2D eigenvalue weighted by Crippen LogP contribution is 2.26. The highest BCUT2D eigenvalue weighted by Gasteiger charge is 2.22. The van der Waals surface area contributed by atoms with E-state index in [1.54, 1.807) is 25.3 Å². The Balaban J connectivity index is 1.50. The lowest BCUT2D eigenvalue weighted by molar-refractivity contribution is -0.132. The van der Waals surface area contributed by atoms with Gasteiger partial charge in [-0.3, -0.25) is 4.79 Å². The lowest BCUT2D eigenvalue weighted by atomic mass is 10.1. The number of ether oxygens (including phenoxy) is 1. The summed E-state index contributed by atoms with van der Waals surface area (Å²) in [6.45, 7) is 1.68. The first-order chi connectivity index (χ1) is 18.9. The smallest absolute Gasteiger partial charge is 0.322 e. The van der Waals surface area contributed by atoms with E-state index in [0.717, 1.165) is 22.0 Å². The van der Waals surface area contributed by atoms with Gasteiger partial charge in [-0.15, -0.1) is 0 Å². The van der Waals surface area contributed by atoms with Crippen molar-refractivity contribution in [1.82, 2.24) is 14.8 Å². The molecule has 0 fully saturated rings. The summed E-state index contributed by atoms with van der Waals surface area (Å²) < 4.78 is 5.18. The number of para-hydroxylation sites is 1. The molecular weight excluding hydrogens is 535 g/mol. The first-order valence-electron chi connectivity index (χ1n) is 12.8. The number of halogens is 2. The number of aromatic amines is 1. The fourth-order valence-corrected chi connectivity index (χ4v) is 4.85. The SMILES string of the molecule is COCCCN(CC(=O)N(CCc1c[nH]c2ccccc12)Cc1ccccc1)C(=O)Nc1ccc(Cl)cc1Cl. The number of urea groups is 1. The molecule has 7 nitrogen and oxygen atoms in total. The van der Waals surface area contributed by atoms with Crippen LogP contribution in [0.25, 0.3) is 10.9 Å². The van der Waals surface area contributed by atoms with E-state index in [1.165, 1.54) is 4.90 Å². The molecule has 4 rings (SSSR count). The zero-order valence-corrected chi connectivity index (χ0v) is 23.3. The van der Waals surface area contributed by atoms with Gasteiger partial charge in [-0.25, -0.2) is 4.79 Å². The first kappa shape index (κ1) is 28.5. The van der Waals surface area contributed by atoms with Gasteiger partial charge < -0.3 is 24.8 Å². The van der Waals surface area contributed by atoms with Crippen LogP contribution in [0.3, 0.4) is 0 Å². The van der Waals surface area contributed by atoms with Gasteiger partial charge in [0.25, 0.3) is 0 Å². The molecule has 4 aromatic rings. The maximum atomic E-state index is 13.7. The van der Waals surface area contributed by atoms with Gasteiger partial charge >= 0.3 is 6.03 Å². The van der Waals surface area contributed by atoms with E-state index in [0.29, 0.717) is 54.8 Å². The number of rotatable bonds is 12. The Morgan fingerprint density at radius 2 is 1.72 bits per heavy atom. The van der Waals surface area contributed by atoms with Gasteiger partial charge in [-0.1, -0.05) is 71.7 Å². The molecule has 0 spiro atoms. The van der Waals surface area contributed by atoms with E-state index >= 15 is 0 Å². The lowest BCUT2D eigenvalue weighted by Gasteiger charge is -2.28.